The second-order valence-electron chi connectivity index (χ2n) is 4.21. The van der Waals surface area contributed by atoms with Gasteiger partial charge in [0.2, 0.25) is 0 Å². The molecule has 0 aromatic heterocycles. The monoisotopic (exact) mass is 220 g/mol. The van der Waals surface area contributed by atoms with Crippen LogP contribution in [0.5, 0.6) is 0 Å². The molecule has 0 N–H and O–H groups in total. The molecule has 16 heavy (non-hydrogen) atoms. The zero-order valence-electron chi connectivity index (χ0n) is 9.43. The average Bonchev–Trinajstić information content (AvgIpc) is 2.20. The third-order valence-corrected chi connectivity index (χ3v) is 3.05. The Morgan fingerprint density at radius 1 is 1.12 bits per heavy atom. The Bertz CT molecular complexity index is 449. The van der Waals surface area contributed by atoms with E-state index in [9.17, 15) is 8.78 Å². The van der Waals surface area contributed by atoms with E-state index in [2.05, 4.69) is 0 Å². The predicted molar refractivity (Wildman–Crippen MR) is 61.7 cm³/mol. The van der Waals surface area contributed by atoms with Gasteiger partial charge in [-0.05, 0) is 43.0 Å². The second-order valence-corrected chi connectivity index (χ2v) is 4.21. The first-order valence-corrected chi connectivity index (χ1v) is 5.38. The summed E-state index contributed by atoms with van der Waals surface area (Å²) < 4.78 is 26.6. The van der Waals surface area contributed by atoms with Gasteiger partial charge in [-0.1, -0.05) is 18.2 Å². The lowest BCUT2D eigenvalue weighted by Crippen LogP contribution is -2.06. The third-order valence-electron chi connectivity index (χ3n) is 3.05. The molecular formula is C14H14F2. The van der Waals surface area contributed by atoms with Crippen LogP contribution in [-0.2, 0) is 0 Å². The molecule has 1 aliphatic carbocycles. The quantitative estimate of drug-likeness (QED) is 0.653. The van der Waals surface area contributed by atoms with E-state index in [-0.39, 0.29) is 11.7 Å². The van der Waals surface area contributed by atoms with Crippen LogP contribution in [0.15, 0.2) is 42.0 Å². The summed E-state index contributed by atoms with van der Waals surface area (Å²) in [7, 11) is 0. The number of halogens is 2. The highest BCUT2D eigenvalue weighted by Crippen LogP contribution is 2.37. The van der Waals surface area contributed by atoms with Gasteiger partial charge < -0.3 is 0 Å². The van der Waals surface area contributed by atoms with Crippen LogP contribution in [0.4, 0.5) is 8.78 Å². The Hall–Kier alpha value is -1.44. The molecule has 1 aromatic carbocycles. The summed E-state index contributed by atoms with van der Waals surface area (Å²) in [6.07, 6.45) is 2.83. The van der Waals surface area contributed by atoms with E-state index < -0.39 is 5.83 Å². The lowest BCUT2D eigenvalue weighted by atomic mass is 9.85. The first-order valence-electron chi connectivity index (χ1n) is 5.38. The molecule has 0 heterocycles. The lowest BCUT2D eigenvalue weighted by Gasteiger charge is -2.21. The summed E-state index contributed by atoms with van der Waals surface area (Å²) in [5, 5.41) is 0. The number of hydrogen-bond acceptors (Lipinski definition) is 0. The van der Waals surface area contributed by atoms with E-state index in [1.165, 1.54) is 6.08 Å². The zero-order chi connectivity index (χ0) is 11.7. The van der Waals surface area contributed by atoms with Crippen molar-refractivity contribution in [2.45, 2.75) is 26.2 Å². The fraction of sp³-hybridized carbons (Fsp3) is 0.286. The maximum atomic E-state index is 13.7. The highest BCUT2D eigenvalue weighted by molar-refractivity contribution is 5.42. The maximum absolute atomic E-state index is 13.7. The van der Waals surface area contributed by atoms with E-state index >= 15 is 0 Å². The van der Waals surface area contributed by atoms with Gasteiger partial charge in [-0.3, -0.25) is 0 Å². The lowest BCUT2D eigenvalue weighted by molar-refractivity contribution is 0.517. The van der Waals surface area contributed by atoms with Crippen molar-refractivity contribution in [2.24, 2.45) is 0 Å². The van der Waals surface area contributed by atoms with Gasteiger partial charge in [-0.25, -0.2) is 8.78 Å². The molecule has 0 aliphatic heterocycles. The highest BCUT2D eigenvalue weighted by Gasteiger charge is 2.22. The van der Waals surface area contributed by atoms with Gasteiger partial charge in [0, 0.05) is 12.0 Å². The number of hydrogen-bond donors (Lipinski definition) is 0. The molecule has 84 valence electrons. The summed E-state index contributed by atoms with van der Waals surface area (Å²) in [5.41, 5.74) is 3.11. The van der Waals surface area contributed by atoms with Crippen molar-refractivity contribution < 1.29 is 8.78 Å². The molecule has 0 bridgehead atoms. The molecule has 0 radical (unpaired) electrons. The number of benzene rings is 1. The fourth-order valence-electron chi connectivity index (χ4n) is 2.27. The molecule has 0 saturated carbocycles. The summed E-state index contributed by atoms with van der Waals surface area (Å²) in [4.78, 5) is 0. The predicted octanol–water partition coefficient (Wildman–Crippen LogP) is 4.50. The second kappa shape index (κ2) is 4.20. The summed E-state index contributed by atoms with van der Waals surface area (Å²) >= 11 is 0. The van der Waals surface area contributed by atoms with Gasteiger partial charge in [-0.2, -0.15) is 0 Å². The third kappa shape index (κ3) is 1.92. The Kier molecular flexibility index (Phi) is 2.90. The van der Waals surface area contributed by atoms with Crippen molar-refractivity contribution >= 4 is 0 Å². The van der Waals surface area contributed by atoms with Crippen LogP contribution in [0.1, 0.15) is 29.0 Å². The first-order chi connectivity index (χ1) is 7.59. The molecule has 1 atom stereocenters. The SMILES string of the molecule is Cc1cccc(C)c1[C@@H]1CC=C(F)C=C1F. The average molecular weight is 220 g/mol. The Morgan fingerprint density at radius 3 is 2.31 bits per heavy atom. The van der Waals surface area contributed by atoms with E-state index in [0.717, 1.165) is 22.8 Å². The van der Waals surface area contributed by atoms with E-state index in [4.69, 9.17) is 0 Å². The molecule has 0 amide bonds. The van der Waals surface area contributed by atoms with E-state index in [1.807, 2.05) is 32.0 Å². The zero-order valence-corrected chi connectivity index (χ0v) is 9.43. The van der Waals surface area contributed by atoms with Crippen LogP contribution in [0.25, 0.3) is 0 Å². The molecule has 2 rings (SSSR count). The van der Waals surface area contributed by atoms with Gasteiger partial charge in [-0.15, -0.1) is 0 Å². The van der Waals surface area contributed by atoms with Crippen molar-refractivity contribution in [3.8, 4) is 0 Å². The Morgan fingerprint density at radius 2 is 1.75 bits per heavy atom. The van der Waals surface area contributed by atoms with E-state index in [0.29, 0.717) is 6.42 Å². The molecule has 0 fully saturated rings. The molecule has 0 nitrogen and oxygen atoms in total. The van der Waals surface area contributed by atoms with Crippen molar-refractivity contribution in [2.75, 3.05) is 0 Å². The largest absolute Gasteiger partial charge is 0.211 e. The molecule has 1 aromatic rings. The molecule has 0 saturated heterocycles. The maximum Gasteiger partial charge on any atom is 0.121 e. The molecule has 0 spiro atoms. The van der Waals surface area contributed by atoms with Crippen molar-refractivity contribution in [1.29, 1.82) is 0 Å². The summed E-state index contributed by atoms with van der Waals surface area (Å²) in [6.45, 7) is 3.93. The van der Waals surface area contributed by atoms with Gasteiger partial charge in [0.1, 0.15) is 11.7 Å². The van der Waals surface area contributed by atoms with Gasteiger partial charge in [0.15, 0.2) is 0 Å². The standard InChI is InChI=1S/C14H14F2/c1-9-4-3-5-10(2)14(9)12-7-6-11(15)8-13(12)16/h3-6,8,12H,7H2,1-2H3/t12-/m1/s1. The molecule has 2 heteroatoms. The minimum Gasteiger partial charge on any atom is -0.211 e. The number of rotatable bonds is 1. The highest BCUT2D eigenvalue weighted by atomic mass is 19.1. The summed E-state index contributed by atoms with van der Waals surface area (Å²) in [5.74, 6) is -1.17. The van der Waals surface area contributed by atoms with Crippen LogP contribution in [-0.4, -0.2) is 0 Å². The van der Waals surface area contributed by atoms with Crippen LogP contribution in [0, 0.1) is 13.8 Å². The topological polar surface area (TPSA) is 0 Å². The Labute approximate surface area is 94.3 Å². The van der Waals surface area contributed by atoms with Crippen molar-refractivity contribution in [3.05, 3.63) is 58.7 Å². The fourth-order valence-corrected chi connectivity index (χ4v) is 2.27. The summed E-state index contributed by atoms with van der Waals surface area (Å²) in [6, 6.07) is 5.88. The van der Waals surface area contributed by atoms with Crippen LogP contribution >= 0.6 is 0 Å². The minimum absolute atomic E-state index is 0.319. The van der Waals surface area contributed by atoms with Gasteiger partial charge in [0.25, 0.3) is 0 Å². The number of allylic oxidation sites excluding steroid dienone is 4. The first kappa shape index (κ1) is 11.1. The van der Waals surface area contributed by atoms with Crippen LogP contribution < -0.4 is 0 Å². The molecule has 0 unspecified atom stereocenters. The molecular weight excluding hydrogens is 206 g/mol. The normalized spacial score (nSPS) is 20.4. The van der Waals surface area contributed by atoms with Crippen molar-refractivity contribution in [3.63, 3.8) is 0 Å². The van der Waals surface area contributed by atoms with E-state index in [1.54, 1.807) is 0 Å². The van der Waals surface area contributed by atoms with Crippen molar-refractivity contribution in [1.82, 2.24) is 0 Å². The number of aryl methyl sites for hydroxylation is 2. The van der Waals surface area contributed by atoms with Crippen LogP contribution in [0.3, 0.4) is 0 Å². The van der Waals surface area contributed by atoms with Gasteiger partial charge in [0.05, 0.1) is 0 Å². The molecule has 1 aliphatic rings. The smallest absolute Gasteiger partial charge is 0.121 e. The Balaban J connectivity index is 2.44. The minimum atomic E-state index is -0.472. The van der Waals surface area contributed by atoms with Crippen LogP contribution in [0.2, 0.25) is 0 Å². The van der Waals surface area contributed by atoms with Gasteiger partial charge >= 0.3 is 0 Å².